The molecule has 2 N–H and O–H groups in total. The zero-order valence-corrected chi connectivity index (χ0v) is 15.2. The van der Waals surface area contributed by atoms with Gasteiger partial charge in [0.1, 0.15) is 6.04 Å². The number of likely N-dealkylation sites (tertiary alicyclic amines) is 1. The monoisotopic (exact) mass is 370 g/mol. The summed E-state index contributed by atoms with van der Waals surface area (Å²) in [5, 5.41) is 15.3. The summed E-state index contributed by atoms with van der Waals surface area (Å²) in [5.74, 6) is -0.248. The molecule has 2 heterocycles. The molecule has 136 valence electrons. The molecule has 3 atom stereocenters. The topological polar surface area (TPSA) is 69.6 Å². The highest BCUT2D eigenvalue weighted by Crippen LogP contribution is 2.32. The van der Waals surface area contributed by atoms with Crippen molar-refractivity contribution in [3.05, 3.63) is 57.8 Å². The van der Waals surface area contributed by atoms with Crippen LogP contribution in [0.2, 0.25) is 0 Å². The maximum absolute atomic E-state index is 13.0. The van der Waals surface area contributed by atoms with Crippen molar-refractivity contribution in [1.82, 2.24) is 10.2 Å². The highest BCUT2D eigenvalue weighted by Gasteiger charge is 2.37. The first-order valence-electron chi connectivity index (χ1n) is 9.06. The van der Waals surface area contributed by atoms with Crippen LogP contribution in [0, 0.1) is 0 Å². The summed E-state index contributed by atoms with van der Waals surface area (Å²) in [6, 6.07) is 10.6. The molecule has 2 amide bonds. The fourth-order valence-electron chi connectivity index (χ4n) is 3.99. The molecule has 1 unspecified atom stereocenters. The van der Waals surface area contributed by atoms with Crippen molar-refractivity contribution >= 4 is 23.2 Å². The number of carbonyl (C=O) groups excluding carboxylic acids is 2. The third-order valence-electron chi connectivity index (χ3n) is 5.30. The molecule has 4 rings (SSSR count). The van der Waals surface area contributed by atoms with Gasteiger partial charge >= 0.3 is 0 Å². The van der Waals surface area contributed by atoms with Gasteiger partial charge in [-0.3, -0.25) is 9.59 Å². The van der Waals surface area contributed by atoms with Gasteiger partial charge in [0, 0.05) is 13.0 Å². The molecule has 2 aromatic rings. The van der Waals surface area contributed by atoms with Gasteiger partial charge in [-0.2, -0.15) is 0 Å². The first-order chi connectivity index (χ1) is 12.6. The predicted octanol–water partition coefficient (Wildman–Crippen LogP) is 2.52. The van der Waals surface area contributed by atoms with E-state index in [2.05, 4.69) is 5.32 Å². The van der Waals surface area contributed by atoms with E-state index in [0.717, 1.165) is 24.0 Å². The zero-order chi connectivity index (χ0) is 18.1. The van der Waals surface area contributed by atoms with E-state index in [1.54, 1.807) is 11.0 Å². The van der Waals surface area contributed by atoms with E-state index in [1.807, 2.05) is 35.7 Å². The van der Waals surface area contributed by atoms with Gasteiger partial charge in [-0.15, -0.1) is 11.3 Å². The predicted molar refractivity (Wildman–Crippen MR) is 100 cm³/mol. The number of aliphatic hydroxyl groups is 1. The minimum atomic E-state index is -0.624. The van der Waals surface area contributed by atoms with Gasteiger partial charge in [0.2, 0.25) is 5.91 Å². The zero-order valence-electron chi connectivity index (χ0n) is 14.4. The second kappa shape index (κ2) is 7.21. The van der Waals surface area contributed by atoms with E-state index < -0.39 is 18.2 Å². The normalized spacial score (nSPS) is 25.0. The van der Waals surface area contributed by atoms with Crippen LogP contribution in [-0.2, 0) is 11.2 Å². The lowest BCUT2D eigenvalue weighted by Gasteiger charge is -2.35. The number of nitrogens with one attached hydrogen (secondary N) is 1. The molecular weight excluding hydrogens is 348 g/mol. The fraction of sp³-hybridized carbons (Fsp3) is 0.400. The Bertz CT molecular complexity index is 805. The minimum absolute atomic E-state index is 0.0766. The molecule has 1 aliphatic heterocycles. The minimum Gasteiger partial charge on any atom is -0.390 e. The highest BCUT2D eigenvalue weighted by atomic mass is 32.1. The van der Waals surface area contributed by atoms with E-state index >= 15 is 0 Å². The maximum Gasteiger partial charge on any atom is 0.264 e. The second-order valence-corrected chi connectivity index (χ2v) is 7.89. The van der Waals surface area contributed by atoms with Crippen LogP contribution in [0.1, 0.15) is 46.1 Å². The molecule has 6 heteroatoms. The van der Waals surface area contributed by atoms with Crippen LogP contribution in [0.5, 0.6) is 0 Å². The molecule has 0 bridgehead atoms. The van der Waals surface area contributed by atoms with Crippen molar-refractivity contribution in [1.29, 1.82) is 0 Å². The highest BCUT2D eigenvalue weighted by molar-refractivity contribution is 7.12. The van der Waals surface area contributed by atoms with Gasteiger partial charge in [0.15, 0.2) is 0 Å². The number of hydrogen-bond donors (Lipinski definition) is 2. The van der Waals surface area contributed by atoms with Gasteiger partial charge in [0.05, 0.1) is 17.0 Å². The lowest BCUT2D eigenvalue weighted by Crippen LogP contribution is -2.53. The molecule has 2 aliphatic rings. The van der Waals surface area contributed by atoms with Crippen LogP contribution in [0.4, 0.5) is 0 Å². The van der Waals surface area contributed by atoms with Crippen LogP contribution >= 0.6 is 11.3 Å². The molecule has 0 radical (unpaired) electrons. The summed E-state index contributed by atoms with van der Waals surface area (Å²) in [7, 11) is 0. The molecule has 1 fully saturated rings. The Morgan fingerprint density at radius 1 is 1.15 bits per heavy atom. The number of fused-ring (bicyclic) bond motifs is 1. The third kappa shape index (κ3) is 3.15. The number of nitrogens with zero attached hydrogens (tertiary/aromatic N) is 1. The van der Waals surface area contributed by atoms with Gasteiger partial charge in [-0.05, 0) is 41.8 Å². The van der Waals surface area contributed by atoms with Crippen LogP contribution < -0.4 is 5.32 Å². The van der Waals surface area contributed by atoms with E-state index in [0.29, 0.717) is 24.3 Å². The molecule has 1 aliphatic carbocycles. The summed E-state index contributed by atoms with van der Waals surface area (Å²) in [5.41, 5.74) is 2.04. The first kappa shape index (κ1) is 17.2. The largest absolute Gasteiger partial charge is 0.390 e. The van der Waals surface area contributed by atoms with Gasteiger partial charge in [-0.1, -0.05) is 30.3 Å². The van der Waals surface area contributed by atoms with Crippen molar-refractivity contribution in [2.75, 3.05) is 6.54 Å². The summed E-state index contributed by atoms with van der Waals surface area (Å²) >= 11 is 1.40. The Labute approximate surface area is 156 Å². The molecule has 0 saturated carbocycles. The molecule has 1 aromatic heterocycles. The van der Waals surface area contributed by atoms with Crippen molar-refractivity contribution in [3.63, 3.8) is 0 Å². The van der Waals surface area contributed by atoms with Crippen molar-refractivity contribution in [3.8, 4) is 0 Å². The number of piperidine rings is 1. The molecule has 1 saturated heterocycles. The van der Waals surface area contributed by atoms with Crippen molar-refractivity contribution in [2.24, 2.45) is 0 Å². The van der Waals surface area contributed by atoms with Gasteiger partial charge in [0.25, 0.3) is 5.91 Å². The standard InChI is InChI=1S/C20H22N2O3S/c23-16-12-13-6-1-2-7-14(13)18(16)21-19(24)15-8-3-4-10-22(15)20(25)17-9-5-11-26-17/h1-2,5-7,9,11,15-16,18,23H,3-4,8,10,12H2,(H,21,24)/t15?,16-,18+/m0/s1. The number of aliphatic hydroxyl groups excluding tert-OH is 1. The number of thiophene rings is 1. The summed E-state index contributed by atoms with van der Waals surface area (Å²) in [4.78, 5) is 28.1. The SMILES string of the molecule is O=C(N[C@@H]1c2ccccc2C[C@@H]1O)C1CCCCN1C(=O)c1cccs1. The summed E-state index contributed by atoms with van der Waals surface area (Å²) in [6.07, 6.45) is 2.42. The van der Waals surface area contributed by atoms with E-state index in [-0.39, 0.29) is 11.8 Å². The molecule has 26 heavy (non-hydrogen) atoms. The van der Waals surface area contributed by atoms with Crippen LogP contribution in [0.15, 0.2) is 41.8 Å². The molecular formula is C20H22N2O3S. The van der Waals surface area contributed by atoms with E-state index in [4.69, 9.17) is 0 Å². The molecule has 0 spiro atoms. The molecule has 5 nitrogen and oxygen atoms in total. The van der Waals surface area contributed by atoms with Crippen LogP contribution in [0.3, 0.4) is 0 Å². The van der Waals surface area contributed by atoms with Crippen molar-refractivity contribution < 1.29 is 14.7 Å². The number of hydrogen-bond acceptors (Lipinski definition) is 4. The Hall–Kier alpha value is -2.18. The van der Waals surface area contributed by atoms with Crippen molar-refractivity contribution in [2.45, 2.75) is 43.9 Å². The first-order valence-corrected chi connectivity index (χ1v) is 9.94. The molecule has 1 aromatic carbocycles. The second-order valence-electron chi connectivity index (χ2n) is 6.94. The quantitative estimate of drug-likeness (QED) is 0.872. The summed E-state index contributed by atoms with van der Waals surface area (Å²) < 4.78 is 0. The van der Waals surface area contributed by atoms with E-state index in [9.17, 15) is 14.7 Å². The Balaban J connectivity index is 1.52. The Morgan fingerprint density at radius 3 is 2.81 bits per heavy atom. The third-order valence-corrected chi connectivity index (χ3v) is 6.16. The van der Waals surface area contributed by atoms with E-state index in [1.165, 1.54) is 11.3 Å². The van der Waals surface area contributed by atoms with Crippen LogP contribution in [-0.4, -0.2) is 40.5 Å². The number of amides is 2. The lowest BCUT2D eigenvalue weighted by molar-refractivity contribution is -0.128. The Morgan fingerprint density at radius 2 is 2.00 bits per heavy atom. The fourth-order valence-corrected chi connectivity index (χ4v) is 4.67. The average molecular weight is 370 g/mol. The lowest BCUT2D eigenvalue weighted by atomic mass is 10.00. The summed E-state index contributed by atoms with van der Waals surface area (Å²) in [6.45, 7) is 0.596. The average Bonchev–Trinajstić information content (AvgIpc) is 3.30. The maximum atomic E-state index is 13.0. The number of carbonyl (C=O) groups is 2. The smallest absolute Gasteiger partial charge is 0.264 e. The van der Waals surface area contributed by atoms with Gasteiger partial charge < -0.3 is 15.3 Å². The Kier molecular flexibility index (Phi) is 4.78. The van der Waals surface area contributed by atoms with Crippen LogP contribution in [0.25, 0.3) is 0 Å². The number of rotatable bonds is 3. The van der Waals surface area contributed by atoms with Gasteiger partial charge in [-0.25, -0.2) is 0 Å². The number of benzene rings is 1.